The SMILES string of the molecule is CCCCC/C=C(\C)C(=O)OCCCCC. The maximum atomic E-state index is 11.5. The molecule has 0 atom stereocenters. The van der Waals surface area contributed by atoms with Gasteiger partial charge in [0.15, 0.2) is 0 Å². The fourth-order valence-electron chi connectivity index (χ4n) is 1.43. The van der Waals surface area contributed by atoms with Crippen molar-refractivity contribution in [2.75, 3.05) is 6.61 Å². The minimum Gasteiger partial charge on any atom is -0.462 e. The molecule has 0 spiro atoms. The van der Waals surface area contributed by atoms with E-state index in [1.54, 1.807) is 0 Å². The lowest BCUT2D eigenvalue weighted by atomic mass is 10.1. The van der Waals surface area contributed by atoms with Crippen molar-refractivity contribution in [1.82, 2.24) is 0 Å². The van der Waals surface area contributed by atoms with Gasteiger partial charge in [-0.3, -0.25) is 0 Å². The average molecular weight is 226 g/mol. The molecule has 0 N–H and O–H groups in total. The number of carbonyl (C=O) groups excluding carboxylic acids is 1. The molecular weight excluding hydrogens is 200 g/mol. The monoisotopic (exact) mass is 226 g/mol. The molecule has 0 amide bonds. The van der Waals surface area contributed by atoms with E-state index in [-0.39, 0.29) is 5.97 Å². The van der Waals surface area contributed by atoms with Gasteiger partial charge in [-0.2, -0.15) is 0 Å². The first kappa shape index (κ1) is 15.2. The van der Waals surface area contributed by atoms with Crippen LogP contribution in [0.25, 0.3) is 0 Å². The molecule has 0 aromatic rings. The predicted octanol–water partition coefficient (Wildman–Crippen LogP) is 4.25. The van der Waals surface area contributed by atoms with Crippen molar-refractivity contribution in [3.63, 3.8) is 0 Å². The Bertz CT molecular complexity index is 207. The quantitative estimate of drug-likeness (QED) is 0.334. The van der Waals surface area contributed by atoms with E-state index >= 15 is 0 Å². The second-order valence-corrected chi connectivity index (χ2v) is 4.23. The van der Waals surface area contributed by atoms with Crippen molar-refractivity contribution in [1.29, 1.82) is 0 Å². The highest BCUT2D eigenvalue weighted by molar-refractivity contribution is 5.87. The Labute approximate surface area is 100 Å². The van der Waals surface area contributed by atoms with E-state index in [0.29, 0.717) is 6.61 Å². The normalized spacial score (nSPS) is 11.6. The fourth-order valence-corrected chi connectivity index (χ4v) is 1.43. The van der Waals surface area contributed by atoms with Gasteiger partial charge in [-0.05, 0) is 26.2 Å². The summed E-state index contributed by atoms with van der Waals surface area (Å²) in [6, 6.07) is 0. The van der Waals surface area contributed by atoms with E-state index < -0.39 is 0 Å². The first-order valence-corrected chi connectivity index (χ1v) is 6.56. The van der Waals surface area contributed by atoms with Gasteiger partial charge in [0.05, 0.1) is 6.61 Å². The van der Waals surface area contributed by atoms with Gasteiger partial charge in [0.1, 0.15) is 0 Å². The first-order valence-electron chi connectivity index (χ1n) is 6.56. The highest BCUT2D eigenvalue weighted by Crippen LogP contribution is 2.05. The Balaban J connectivity index is 3.63. The molecule has 0 radical (unpaired) electrons. The van der Waals surface area contributed by atoms with Crippen LogP contribution in [0.2, 0.25) is 0 Å². The van der Waals surface area contributed by atoms with E-state index in [4.69, 9.17) is 4.74 Å². The number of rotatable bonds is 9. The largest absolute Gasteiger partial charge is 0.462 e. The van der Waals surface area contributed by atoms with Crippen molar-refractivity contribution < 1.29 is 9.53 Å². The molecule has 0 saturated heterocycles. The molecule has 0 heterocycles. The average Bonchev–Trinajstić information content (AvgIpc) is 2.29. The smallest absolute Gasteiger partial charge is 0.333 e. The third-order valence-corrected chi connectivity index (χ3v) is 2.56. The van der Waals surface area contributed by atoms with Crippen LogP contribution in [0.15, 0.2) is 11.6 Å². The lowest BCUT2D eigenvalue weighted by Gasteiger charge is -2.04. The van der Waals surface area contributed by atoms with Gasteiger partial charge in [0, 0.05) is 5.57 Å². The first-order chi connectivity index (χ1) is 7.72. The summed E-state index contributed by atoms with van der Waals surface area (Å²) in [5.41, 5.74) is 0.757. The summed E-state index contributed by atoms with van der Waals surface area (Å²) in [4.78, 5) is 11.5. The van der Waals surface area contributed by atoms with Gasteiger partial charge < -0.3 is 4.74 Å². The molecule has 0 fully saturated rings. The molecule has 0 bridgehead atoms. The summed E-state index contributed by atoms with van der Waals surface area (Å²) in [5, 5.41) is 0. The highest BCUT2D eigenvalue weighted by Gasteiger charge is 2.04. The maximum absolute atomic E-state index is 11.5. The fraction of sp³-hybridized carbons (Fsp3) is 0.786. The molecule has 0 aromatic heterocycles. The molecule has 16 heavy (non-hydrogen) atoms. The van der Waals surface area contributed by atoms with Gasteiger partial charge in [-0.15, -0.1) is 0 Å². The Morgan fingerprint density at radius 2 is 1.69 bits per heavy atom. The van der Waals surface area contributed by atoms with Crippen LogP contribution < -0.4 is 0 Å². The van der Waals surface area contributed by atoms with Crippen molar-refractivity contribution >= 4 is 5.97 Å². The summed E-state index contributed by atoms with van der Waals surface area (Å²) in [7, 11) is 0. The zero-order valence-electron chi connectivity index (χ0n) is 11.1. The third-order valence-electron chi connectivity index (χ3n) is 2.56. The number of esters is 1. The molecule has 0 saturated carbocycles. The molecule has 94 valence electrons. The van der Waals surface area contributed by atoms with Crippen LogP contribution in [0.4, 0.5) is 0 Å². The van der Waals surface area contributed by atoms with E-state index in [1.807, 2.05) is 13.0 Å². The summed E-state index contributed by atoms with van der Waals surface area (Å²) in [5.74, 6) is -0.146. The summed E-state index contributed by atoms with van der Waals surface area (Å²) in [6.45, 7) is 6.72. The Hall–Kier alpha value is -0.790. The highest BCUT2D eigenvalue weighted by atomic mass is 16.5. The molecule has 0 aliphatic heterocycles. The van der Waals surface area contributed by atoms with Crippen LogP contribution in [-0.2, 0) is 9.53 Å². The van der Waals surface area contributed by atoms with Crippen molar-refractivity contribution in [3.05, 3.63) is 11.6 Å². The molecule has 0 aliphatic carbocycles. The number of unbranched alkanes of at least 4 members (excludes halogenated alkanes) is 5. The van der Waals surface area contributed by atoms with Crippen LogP contribution in [-0.4, -0.2) is 12.6 Å². The minimum absolute atomic E-state index is 0.146. The van der Waals surface area contributed by atoms with Crippen LogP contribution >= 0.6 is 0 Å². The van der Waals surface area contributed by atoms with Crippen molar-refractivity contribution in [2.24, 2.45) is 0 Å². The van der Waals surface area contributed by atoms with E-state index in [1.165, 1.54) is 12.8 Å². The van der Waals surface area contributed by atoms with E-state index in [0.717, 1.165) is 37.7 Å². The third kappa shape index (κ3) is 8.51. The molecule has 0 rings (SSSR count). The number of hydrogen-bond donors (Lipinski definition) is 0. The van der Waals surface area contributed by atoms with Gasteiger partial charge >= 0.3 is 5.97 Å². The van der Waals surface area contributed by atoms with Gasteiger partial charge in [0.25, 0.3) is 0 Å². The standard InChI is InChI=1S/C14H26O2/c1-4-6-8-9-11-13(3)14(15)16-12-10-7-5-2/h11H,4-10,12H2,1-3H3/b13-11+. The second-order valence-electron chi connectivity index (χ2n) is 4.23. The molecule has 0 aromatic carbocycles. The lowest BCUT2D eigenvalue weighted by Crippen LogP contribution is -2.07. The number of allylic oxidation sites excluding steroid dienone is 1. The van der Waals surface area contributed by atoms with Crippen molar-refractivity contribution in [2.45, 2.75) is 65.7 Å². The van der Waals surface area contributed by atoms with Crippen LogP contribution in [0, 0.1) is 0 Å². The predicted molar refractivity (Wildman–Crippen MR) is 68.4 cm³/mol. The van der Waals surface area contributed by atoms with E-state index in [2.05, 4.69) is 13.8 Å². The Morgan fingerprint density at radius 1 is 1.06 bits per heavy atom. The van der Waals surface area contributed by atoms with Crippen LogP contribution in [0.1, 0.15) is 65.7 Å². The summed E-state index contributed by atoms with van der Waals surface area (Å²) >= 11 is 0. The minimum atomic E-state index is -0.146. The molecule has 0 unspecified atom stereocenters. The molecule has 2 nitrogen and oxygen atoms in total. The number of ether oxygens (including phenoxy) is 1. The Morgan fingerprint density at radius 3 is 2.31 bits per heavy atom. The maximum Gasteiger partial charge on any atom is 0.333 e. The summed E-state index contributed by atoms with van der Waals surface area (Å²) in [6.07, 6.45) is 9.86. The van der Waals surface area contributed by atoms with E-state index in [9.17, 15) is 4.79 Å². The lowest BCUT2D eigenvalue weighted by molar-refractivity contribution is -0.139. The zero-order valence-corrected chi connectivity index (χ0v) is 11.1. The van der Waals surface area contributed by atoms with Gasteiger partial charge in [-0.25, -0.2) is 4.79 Å². The zero-order chi connectivity index (χ0) is 12.2. The Kier molecular flexibility index (Phi) is 10.2. The second kappa shape index (κ2) is 10.7. The molecular formula is C14H26O2. The number of hydrogen-bond acceptors (Lipinski definition) is 2. The van der Waals surface area contributed by atoms with Gasteiger partial charge in [-0.1, -0.05) is 45.6 Å². The van der Waals surface area contributed by atoms with Gasteiger partial charge in [0.2, 0.25) is 0 Å². The topological polar surface area (TPSA) is 26.3 Å². The number of carbonyl (C=O) groups is 1. The van der Waals surface area contributed by atoms with Crippen LogP contribution in [0.5, 0.6) is 0 Å². The van der Waals surface area contributed by atoms with Crippen molar-refractivity contribution in [3.8, 4) is 0 Å². The molecule has 2 heteroatoms. The molecule has 0 aliphatic rings. The summed E-state index contributed by atoms with van der Waals surface area (Å²) < 4.78 is 5.16. The van der Waals surface area contributed by atoms with Crippen LogP contribution in [0.3, 0.4) is 0 Å².